The van der Waals surface area contributed by atoms with E-state index in [0.29, 0.717) is 0 Å². The summed E-state index contributed by atoms with van der Waals surface area (Å²) in [5, 5.41) is 0. The first-order valence-corrected chi connectivity index (χ1v) is 1.92. The Labute approximate surface area is 73.0 Å². The molecule has 9 heavy (non-hydrogen) atoms. The molecule has 1 aromatic rings. The number of hydrogen-bond acceptors (Lipinski definition) is 2. The third-order valence-electron chi connectivity index (χ3n) is 0.587. The van der Waals surface area contributed by atoms with E-state index in [0.717, 1.165) is 0 Å². The number of halogens is 1. The fourth-order valence-corrected chi connectivity index (χ4v) is 0.293. The molecule has 3 N–H and O–H groups in total. The van der Waals surface area contributed by atoms with Gasteiger partial charge in [-0.25, -0.2) is 0 Å². The molecule has 0 radical (unpaired) electrons. The predicted octanol–water partition coefficient (Wildman–Crippen LogP) is 1.39. The summed E-state index contributed by atoms with van der Waals surface area (Å²) in [6.45, 7) is 0. The van der Waals surface area contributed by atoms with Crippen molar-refractivity contribution in [1.82, 2.24) is 0 Å². The van der Waals surface area contributed by atoms with Gasteiger partial charge >= 0.3 is 0 Å². The van der Waals surface area contributed by atoms with Crippen LogP contribution in [0, 0.1) is 0 Å². The lowest BCUT2D eigenvalue weighted by Crippen LogP contribution is -2.05. The van der Waals surface area contributed by atoms with Gasteiger partial charge in [-0.2, -0.15) is 0 Å². The largest absolute Gasteiger partial charge is 0.324 e. The number of rotatable bonds is 2. The molecule has 1 aromatic carbocycles. The van der Waals surface area contributed by atoms with Crippen LogP contribution >= 0.6 is 12.3 Å². The molecular formula is C6H9ClN2. The van der Waals surface area contributed by atoms with Crippen molar-refractivity contribution in [3.05, 3.63) is 30.2 Å². The quantitative estimate of drug-likeness (QED) is 0.498. The van der Waals surface area contributed by atoms with Crippen LogP contribution in [0.25, 0.3) is 0 Å². The Bertz CT molecular complexity index is 397. The minimum atomic E-state index is -0.620. The SMILES string of the molecule is [2H]Cl.[2H]c1c([2H])c([2H])c(N([2H])N([2H])[2H])c([2H])c1[2H]. The first kappa shape index (κ1) is 1.65. The number of benzene rings is 1. The van der Waals surface area contributed by atoms with Crippen molar-refractivity contribution in [2.45, 2.75) is 0 Å². The van der Waals surface area contributed by atoms with Crippen LogP contribution in [0.2, 0.25) is 4.24 Å². The lowest BCUT2D eigenvalue weighted by molar-refractivity contribution is 1.35. The van der Waals surface area contributed by atoms with E-state index in [1.54, 1.807) is 0 Å². The van der Waals surface area contributed by atoms with Gasteiger partial charge in [0.15, 0.2) is 1.41 Å². The molecule has 0 aliphatic carbocycles. The lowest BCUT2D eigenvalue weighted by Gasteiger charge is -1.94. The second kappa shape index (κ2) is 4.18. The zero-order valence-electron chi connectivity index (χ0n) is 13.3. The van der Waals surface area contributed by atoms with Crippen molar-refractivity contribution in [3.63, 3.8) is 0 Å². The van der Waals surface area contributed by atoms with Crippen molar-refractivity contribution >= 4 is 18.0 Å². The number of nitrogens with two attached hydrogens (primary N) is 1. The molecule has 0 fully saturated rings. The summed E-state index contributed by atoms with van der Waals surface area (Å²) in [6, 6.07) is -3.02. The van der Waals surface area contributed by atoms with Gasteiger partial charge in [0, 0.05) is 5.69 Å². The molecule has 1 rings (SSSR count). The number of hydrazine groups is 1. The van der Waals surface area contributed by atoms with Crippen molar-refractivity contribution in [3.8, 4) is 0 Å². The fraction of sp³-hybridized carbons (Fsp3) is 0. The van der Waals surface area contributed by atoms with E-state index in [2.05, 4.69) is 12.3 Å². The molecule has 50 valence electrons. The normalized spacial score (nSPS) is 21.3. The van der Waals surface area contributed by atoms with E-state index in [9.17, 15) is 0 Å². The zero-order valence-corrected chi connectivity index (χ0v) is 5.03. The van der Waals surface area contributed by atoms with Gasteiger partial charge in [-0.3, -0.25) is 5.83 Å². The Morgan fingerprint density at radius 1 is 1.67 bits per heavy atom. The van der Waals surface area contributed by atoms with E-state index in [4.69, 9.17) is 12.3 Å². The maximum Gasteiger partial charge on any atom is 0.181 e. The minimum Gasteiger partial charge on any atom is -0.324 e. The second-order valence-corrected chi connectivity index (χ2v) is 1.07. The molecule has 0 saturated carbocycles. The van der Waals surface area contributed by atoms with Crippen LogP contribution in [0.1, 0.15) is 6.85 Å². The average molecular weight is 154 g/mol. The monoisotopic (exact) mass is 153 g/mol. The van der Waals surface area contributed by atoms with Crippen LogP contribution in [-0.4, -0.2) is 1.17 Å². The number of para-hydroxylation sites is 1. The van der Waals surface area contributed by atoms with Crippen LogP contribution in [-0.2, 0) is 0 Å². The van der Waals surface area contributed by atoms with Crippen LogP contribution in [0.15, 0.2) is 30.2 Å². The molecule has 2 nitrogen and oxygen atoms in total. The summed E-state index contributed by atoms with van der Waals surface area (Å²) in [5.41, 5.74) is -0.434. The third kappa shape index (κ3) is 2.35. The fourth-order valence-electron chi connectivity index (χ4n) is 0.293. The van der Waals surface area contributed by atoms with Gasteiger partial charge in [0.1, 0.15) is 4.00 Å². The summed E-state index contributed by atoms with van der Waals surface area (Å²) >= 11 is 3.89. The molecule has 0 bridgehead atoms. The van der Waals surface area contributed by atoms with Crippen molar-refractivity contribution in [2.24, 2.45) is 5.83 Å². The minimum absolute atomic E-state index is 0.0974. The smallest absolute Gasteiger partial charge is 0.181 e. The molecule has 0 aromatic heterocycles. The Morgan fingerprint density at radius 3 is 2.89 bits per heavy atom. The summed E-state index contributed by atoms with van der Waals surface area (Å²) in [6.07, 6.45) is 0. The molecule has 0 atom stereocenters. The number of nitrogen functional groups attached to an aromatic ring is 1. The lowest BCUT2D eigenvalue weighted by atomic mass is 10.3. The van der Waals surface area contributed by atoms with Gasteiger partial charge in [0.2, 0.25) is 0 Å². The van der Waals surface area contributed by atoms with Crippen molar-refractivity contribution in [2.75, 3.05) is 5.42 Å². The molecule has 0 amide bonds. The van der Waals surface area contributed by atoms with E-state index in [-0.39, 0.29) is 11.2 Å². The summed E-state index contributed by atoms with van der Waals surface area (Å²) in [7, 11) is 0. The van der Waals surface area contributed by atoms with E-state index >= 15 is 0 Å². The van der Waals surface area contributed by atoms with Gasteiger partial charge in [0.25, 0.3) is 0 Å². The Balaban J connectivity index is 0.00000137. The first-order chi connectivity index (χ1) is 8.29. The van der Waals surface area contributed by atoms with E-state index < -0.39 is 35.9 Å². The number of hydrogen-bond donors (Lipinski definition) is 2. The van der Waals surface area contributed by atoms with Gasteiger partial charge in [-0.15, -0.1) is 12.3 Å². The average Bonchev–Trinajstić information content (AvgIpc) is 2.36. The topological polar surface area (TPSA) is 38.0 Å². The first-order valence-electron chi connectivity index (χ1n) is 6.14. The van der Waals surface area contributed by atoms with Gasteiger partial charge < -0.3 is 5.42 Å². The Morgan fingerprint density at radius 2 is 2.33 bits per heavy atom. The van der Waals surface area contributed by atoms with Crippen molar-refractivity contribution in [1.29, 1.82) is 1.17 Å². The highest BCUT2D eigenvalue weighted by Crippen LogP contribution is 2.00. The zero-order chi connectivity index (χ0) is 14.6. The predicted molar refractivity (Wildman–Crippen MR) is 41.5 cm³/mol. The van der Waals surface area contributed by atoms with Gasteiger partial charge in [-0.1, -0.05) is 18.1 Å². The Hall–Kier alpha value is -0.730. The molecule has 0 heterocycles. The summed E-state index contributed by atoms with van der Waals surface area (Å²) < 4.78 is 62.9. The maximum absolute atomic E-state index is 7.43. The third-order valence-corrected chi connectivity index (χ3v) is 0.587. The molecule has 0 aliphatic rings. The summed E-state index contributed by atoms with van der Waals surface area (Å²) in [5.74, 6) is -0.187. The highest BCUT2D eigenvalue weighted by atomic mass is 35.5. The molecule has 0 unspecified atom stereocenters. The van der Waals surface area contributed by atoms with Gasteiger partial charge in [0.05, 0.1) is 6.85 Å². The van der Waals surface area contributed by atoms with Gasteiger partial charge in [-0.05, 0) is 12.1 Å². The van der Waals surface area contributed by atoms with Crippen LogP contribution in [0.4, 0.5) is 5.69 Å². The molecule has 3 heteroatoms. The molecular weight excluding hydrogens is 136 g/mol. The Kier molecular flexibility index (Phi) is 0.767. The highest BCUT2D eigenvalue weighted by Gasteiger charge is 1.78. The highest BCUT2D eigenvalue weighted by molar-refractivity contribution is 5.85. The summed E-state index contributed by atoms with van der Waals surface area (Å²) in [4.78, 5) is 0. The van der Waals surface area contributed by atoms with E-state index in [1.807, 2.05) is 0 Å². The molecule has 0 aliphatic heterocycles. The van der Waals surface area contributed by atoms with Crippen LogP contribution in [0.3, 0.4) is 0 Å². The van der Waals surface area contributed by atoms with Crippen LogP contribution < -0.4 is 11.2 Å². The number of nitrogens with one attached hydrogen (secondary N) is 1. The van der Waals surface area contributed by atoms with Crippen LogP contribution in [0.5, 0.6) is 0 Å². The number of anilines is 1. The van der Waals surface area contributed by atoms with Crippen molar-refractivity contribution < 1.29 is 11.1 Å². The maximum atomic E-state index is 7.43. The van der Waals surface area contributed by atoms with E-state index in [1.165, 1.54) is 0 Å². The molecule has 0 spiro atoms. The standard InChI is InChI=1S/C6H8N2.ClH/c7-8-6-4-2-1-3-5-6;/h1-5,8H,7H2;1H/i1D,2D,3D,4D,5D;/hD4. The second-order valence-electron chi connectivity index (χ2n) is 1.07. The molecule has 0 saturated heterocycles.